The predicted octanol–water partition coefficient (Wildman–Crippen LogP) is 1.94. The molecule has 3 radical (unpaired) electrons. The first-order valence-electron chi connectivity index (χ1n) is 1.27. The summed E-state index contributed by atoms with van der Waals surface area (Å²) in [6, 6.07) is 0. The first-order chi connectivity index (χ1) is 2.56. The van der Waals surface area contributed by atoms with E-state index in [9.17, 15) is 0 Å². The number of hydrogen-bond acceptors (Lipinski definition) is 0. The standard InChI is InChI=1S/C2H2Cl3.Pb/c1-2(3,4)5;/h1H2;. The van der Waals surface area contributed by atoms with Gasteiger partial charge in [0.25, 0.3) is 0 Å². The summed E-state index contributed by atoms with van der Waals surface area (Å²) in [7, 11) is 0. The molecular weight excluding hydrogens is 338 g/mol. The van der Waals surface area contributed by atoms with Crippen LogP contribution in [0, 0.1) is 0 Å². The summed E-state index contributed by atoms with van der Waals surface area (Å²) < 4.78 is -0.274. The molecule has 0 aliphatic heterocycles. The van der Waals surface area contributed by atoms with Crippen molar-refractivity contribution >= 4 is 60.6 Å². The summed E-state index contributed by atoms with van der Waals surface area (Å²) >= 11 is 16.8. The predicted molar refractivity (Wildman–Crippen MR) is 30.9 cm³/mol. The van der Waals surface area contributed by atoms with Crippen molar-refractivity contribution in [2.75, 3.05) is 0 Å². The summed E-state index contributed by atoms with van der Waals surface area (Å²) in [5.41, 5.74) is 0. The van der Waals surface area contributed by atoms with Gasteiger partial charge in [0, 0.05) is 0 Å². The third-order valence-corrected chi connectivity index (χ3v) is 5.28. The van der Waals surface area contributed by atoms with E-state index in [2.05, 4.69) is 0 Å². The van der Waals surface area contributed by atoms with E-state index >= 15 is 0 Å². The van der Waals surface area contributed by atoms with E-state index in [0.29, 0.717) is 3.98 Å². The average Bonchev–Trinajstić information content (AvgIpc) is 1.35. The number of rotatable bonds is 0. The van der Waals surface area contributed by atoms with E-state index in [1.165, 1.54) is 0 Å². The molecule has 6 heavy (non-hydrogen) atoms. The summed E-state index contributed by atoms with van der Waals surface area (Å²) in [5.74, 6) is 0. The maximum atomic E-state index is 5.28. The Bertz CT molecular complexity index is 38.5. The van der Waals surface area contributed by atoms with Crippen LogP contribution in [0.4, 0.5) is 0 Å². The molecule has 0 amide bonds. The normalized spacial score (nSPS) is 12.0. The third-order valence-electron chi connectivity index (χ3n) is 0.200. The van der Waals surface area contributed by atoms with Crippen LogP contribution in [0.1, 0.15) is 0 Å². The minimum atomic E-state index is -0.980. The molecule has 0 aliphatic carbocycles. The summed E-state index contributed by atoms with van der Waals surface area (Å²) in [4.78, 5) is 0. The van der Waals surface area contributed by atoms with E-state index in [4.69, 9.17) is 34.8 Å². The van der Waals surface area contributed by atoms with Crippen molar-refractivity contribution in [3.05, 3.63) is 0 Å². The molecule has 0 saturated carbocycles. The van der Waals surface area contributed by atoms with Crippen LogP contribution in [0.2, 0.25) is 3.98 Å². The van der Waals surface area contributed by atoms with E-state index < -0.39 is 3.79 Å². The van der Waals surface area contributed by atoms with Gasteiger partial charge in [-0.3, -0.25) is 0 Å². The monoisotopic (exact) mass is 339 g/mol. The fourth-order valence-electron chi connectivity index (χ4n) is 0. The topological polar surface area (TPSA) is 0 Å². The van der Waals surface area contributed by atoms with Crippen molar-refractivity contribution in [3.8, 4) is 0 Å². The molecule has 0 heterocycles. The van der Waals surface area contributed by atoms with Crippen molar-refractivity contribution in [2.45, 2.75) is 7.77 Å². The van der Waals surface area contributed by atoms with E-state index in [1.807, 2.05) is 0 Å². The van der Waals surface area contributed by atoms with Crippen LogP contribution < -0.4 is 0 Å². The molecule has 0 aromatic rings. The number of alkyl halides is 3. The van der Waals surface area contributed by atoms with Gasteiger partial charge in [-0.2, -0.15) is 0 Å². The molecule has 0 atom stereocenters. The van der Waals surface area contributed by atoms with Crippen molar-refractivity contribution in [3.63, 3.8) is 0 Å². The Morgan fingerprint density at radius 2 is 1.50 bits per heavy atom. The molecule has 4 heteroatoms. The molecule has 0 spiro atoms. The Morgan fingerprint density at radius 1 is 1.33 bits per heavy atom. The van der Waals surface area contributed by atoms with Crippen LogP contribution in [0.15, 0.2) is 0 Å². The van der Waals surface area contributed by atoms with E-state index in [0.717, 1.165) is 25.8 Å². The Labute approximate surface area is 67.8 Å². The third kappa shape index (κ3) is 5.79. The van der Waals surface area contributed by atoms with Crippen molar-refractivity contribution in [1.82, 2.24) is 0 Å². The van der Waals surface area contributed by atoms with Crippen LogP contribution in [0.25, 0.3) is 0 Å². The van der Waals surface area contributed by atoms with Crippen molar-refractivity contribution in [2.24, 2.45) is 0 Å². The molecule has 0 aliphatic rings. The fraction of sp³-hybridized carbons (Fsp3) is 1.00. The van der Waals surface area contributed by atoms with Crippen LogP contribution in [-0.4, -0.2) is 29.6 Å². The van der Waals surface area contributed by atoms with Gasteiger partial charge >= 0.3 is 68.3 Å². The Morgan fingerprint density at radius 3 is 1.50 bits per heavy atom. The minimum absolute atomic E-state index is 0.706. The molecule has 0 unspecified atom stereocenters. The number of halogens is 3. The van der Waals surface area contributed by atoms with Gasteiger partial charge in [-0.05, 0) is 0 Å². The van der Waals surface area contributed by atoms with Gasteiger partial charge < -0.3 is 0 Å². The van der Waals surface area contributed by atoms with Gasteiger partial charge in [0.15, 0.2) is 0 Å². The van der Waals surface area contributed by atoms with E-state index in [1.54, 1.807) is 0 Å². The molecular formula is C2H2Cl3Pb. The summed E-state index contributed by atoms with van der Waals surface area (Å²) in [6.07, 6.45) is 0. The molecule has 0 saturated heterocycles. The van der Waals surface area contributed by atoms with Gasteiger partial charge in [0.2, 0.25) is 0 Å². The second kappa shape index (κ2) is 2.95. The average molecular weight is 340 g/mol. The van der Waals surface area contributed by atoms with Crippen LogP contribution in [0.5, 0.6) is 0 Å². The van der Waals surface area contributed by atoms with Crippen molar-refractivity contribution < 1.29 is 0 Å². The first kappa shape index (κ1) is 7.79. The van der Waals surface area contributed by atoms with Crippen LogP contribution in [-0.2, 0) is 0 Å². The molecule has 0 aromatic heterocycles. The van der Waals surface area contributed by atoms with Gasteiger partial charge in [-0.1, -0.05) is 0 Å². The van der Waals surface area contributed by atoms with Crippen molar-refractivity contribution in [1.29, 1.82) is 0 Å². The van der Waals surface area contributed by atoms with Gasteiger partial charge in [-0.25, -0.2) is 0 Å². The fourth-order valence-corrected chi connectivity index (χ4v) is 0. The molecule has 0 aromatic carbocycles. The Kier molecular flexibility index (Phi) is 3.83. The van der Waals surface area contributed by atoms with Crippen LogP contribution in [0.3, 0.4) is 0 Å². The van der Waals surface area contributed by atoms with Gasteiger partial charge in [-0.15, -0.1) is 0 Å². The SMILES string of the molecule is ClC(Cl)(Cl)[CH2][Pb]. The molecule has 0 fully saturated rings. The zero-order chi connectivity index (χ0) is 5.21. The Balaban J connectivity index is 3.17. The quantitative estimate of drug-likeness (QED) is 0.467. The second-order valence-corrected chi connectivity index (χ2v) is 4.68. The van der Waals surface area contributed by atoms with Gasteiger partial charge in [0.05, 0.1) is 0 Å². The second-order valence-electron chi connectivity index (χ2n) is 0.792. The molecule has 0 N–H and O–H groups in total. The zero-order valence-electron chi connectivity index (χ0n) is 2.84. The summed E-state index contributed by atoms with van der Waals surface area (Å²) in [5, 5.41) is 0. The molecule has 35 valence electrons. The zero-order valence-corrected chi connectivity index (χ0v) is 9.00. The first-order valence-corrected chi connectivity index (χ1v) is 5.16. The molecule has 0 bridgehead atoms. The Hall–Kier alpha value is 1.79. The maximum absolute atomic E-state index is 5.28. The molecule has 0 rings (SSSR count). The molecule has 0 nitrogen and oxygen atoms in total. The van der Waals surface area contributed by atoms with Crippen LogP contribution >= 0.6 is 34.8 Å². The summed E-state index contributed by atoms with van der Waals surface area (Å²) in [6.45, 7) is 0. The van der Waals surface area contributed by atoms with E-state index in [-0.39, 0.29) is 0 Å². The number of hydrogen-bond donors (Lipinski definition) is 0. The van der Waals surface area contributed by atoms with Gasteiger partial charge in [0.1, 0.15) is 0 Å².